The van der Waals surface area contributed by atoms with Gasteiger partial charge in [0.15, 0.2) is 6.61 Å². The van der Waals surface area contributed by atoms with Gasteiger partial charge in [0.2, 0.25) is 10.0 Å². The number of aryl methyl sites for hydroxylation is 1. The summed E-state index contributed by atoms with van der Waals surface area (Å²) in [5, 5.41) is 2.69. The van der Waals surface area contributed by atoms with Crippen molar-refractivity contribution in [1.29, 1.82) is 0 Å². The van der Waals surface area contributed by atoms with Gasteiger partial charge in [-0.05, 0) is 62.1 Å². The number of fused-ring (bicyclic) bond motifs is 2. The minimum atomic E-state index is -3.59. The fraction of sp³-hybridized carbons (Fsp3) is 0.545. The van der Waals surface area contributed by atoms with Crippen molar-refractivity contribution in [1.82, 2.24) is 4.31 Å². The number of carbonyl (C=O) groups is 2. The molecule has 1 aromatic rings. The first-order valence-corrected chi connectivity index (χ1v) is 12.0. The third-order valence-corrected chi connectivity index (χ3v) is 8.26. The number of benzene rings is 1. The van der Waals surface area contributed by atoms with E-state index in [0.29, 0.717) is 24.7 Å². The quantitative estimate of drug-likeness (QED) is 0.551. The molecule has 8 heteroatoms. The van der Waals surface area contributed by atoms with E-state index in [0.717, 1.165) is 37.7 Å². The van der Waals surface area contributed by atoms with E-state index in [4.69, 9.17) is 4.74 Å². The summed E-state index contributed by atoms with van der Waals surface area (Å²) in [6, 6.07) is 4.73. The molecule has 1 aliphatic heterocycles. The van der Waals surface area contributed by atoms with Crippen LogP contribution in [-0.4, -0.2) is 44.3 Å². The lowest BCUT2D eigenvalue weighted by Gasteiger charge is -2.26. The van der Waals surface area contributed by atoms with Crippen LogP contribution in [0.3, 0.4) is 0 Å². The van der Waals surface area contributed by atoms with Gasteiger partial charge < -0.3 is 10.1 Å². The van der Waals surface area contributed by atoms with Crippen LogP contribution in [0.15, 0.2) is 35.2 Å². The zero-order valence-corrected chi connectivity index (χ0v) is 18.0. The molecule has 0 radical (unpaired) electrons. The molecule has 0 spiro atoms. The molecule has 1 heterocycles. The molecule has 1 aromatic carbocycles. The highest BCUT2D eigenvalue weighted by molar-refractivity contribution is 7.89. The third-order valence-electron chi connectivity index (χ3n) is 6.36. The van der Waals surface area contributed by atoms with Crippen molar-refractivity contribution < 1.29 is 22.7 Å². The van der Waals surface area contributed by atoms with Crippen LogP contribution in [0.4, 0.5) is 5.69 Å². The molecule has 0 aromatic heterocycles. The highest BCUT2D eigenvalue weighted by Crippen LogP contribution is 2.43. The van der Waals surface area contributed by atoms with Crippen molar-refractivity contribution in [2.24, 2.45) is 17.8 Å². The van der Waals surface area contributed by atoms with Crippen molar-refractivity contribution in [2.75, 3.05) is 25.0 Å². The molecule has 2 bridgehead atoms. The van der Waals surface area contributed by atoms with Gasteiger partial charge in [0.1, 0.15) is 0 Å². The molecule has 0 unspecified atom stereocenters. The second-order valence-corrected chi connectivity index (χ2v) is 10.4. The fourth-order valence-electron chi connectivity index (χ4n) is 4.63. The standard InChI is InChI=1S/C22H28N2O5S/c1-15-5-8-18(30(27,28)24-9-3-2-4-10-24)13-20(15)23-21(25)14-29-22(26)19-12-16-6-7-17(19)11-16/h5-8,13,16-17,19H,2-4,9-12,14H2,1H3,(H,23,25)/t16-,17-,19+/m0/s1. The van der Waals surface area contributed by atoms with E-state index in [-0.39, 0.29) is 29.3 Å². The number of hydrogen-bond acceptors (Lipinski definition) is 5. The lowest BCUT2D eigenvalue weighted by atomic mass is 9.94. The first-order chi connectivity index (χ1) is 14.3. The van der Waals surface area contributed by atoms with E-state index in [1.807, 2.05) is 0 Å². The minimum absolute atomic E-state index is 0.160. The number of allylic oxidation sites excluding steroid dienone is 2. The molecule has 2 fully saturated rings. The number of amides is 1. The molecule has 2 aliphatic carbocycles. The summed E-state index contributed by atoms with van der Waals surface area (Å²) in [7, 11) is -3.59. The Labute approximate surface area is 177 Å². The summed E-state index contributed by atoms with van der Waals surface area (Å²) in [4.78, 5) is 24.8. The molecule has 3 aliphatic rings. The summed E-state index contributed by atoms with van der Waals surface area (Å²) < 4.78 is 32.5. The number of esters is 1. The van der Waals surface area contributed by atoms with Gasteiger partial charge in [-0.25, -0.2) is 8.42 Å². The number of sulfonamides is 1. The Morgan fingerprint density at radius 3 is 2.57 bits per heavy atom. The van der Waals surface area contributed by atoms with Gasteiger partial charge in [-0.2, -0.15) is 4.31 Å². The minimum Gasteiger partial charge on any atom is -0.455 e. The van der Waals surface area contributed by atoms with Crippen molar-refractivity contribution >= 4 is 27.6 Å². The number of rotatable bonds is 6. The SMILES string of the molecule is Cc1ccc(S(=O)(=O)N2CCCCC2)cc1NC(=O)COC(=O)[C@@H]1C[C@H]2C=C[C@H]1C2. The number of ether oxygens (including phenoxy) is 1. The van der Waals surface area contributed by atoms with Gasteiger partial charge in [0.25, 0.3) is 5.91 Å². The van der Waals surface area contributed by atoms with Gasteiger partial charge in [-0.3, -0.25) is 9.59 Å². The van der Waals surface area contributed by atoms with Crippen LogP contribution >= 0.6 is 0 Å². The Kier molecular flexibility index (Phi) is 5.97. The Morgan fingerprint density at radius 1 is 1.13 bits per heavy atom. The maximum Gasteiger partial charge on any atom is 0.310 e. The highest BCUT2D eigenvalue weighted by Gasteiger charge is 2.40. The van der Waals surface area contributed by atoms with E-state index in [2.05, 4.69) is 17.5 Å². The van der Waals surface area contributed by atoms with Crippen LogP contribution in [0, 0.1) is 24.7 Å². The van der Waals surface area contributed by atoms with Gasteiger partial charge in [0, 0.05) is 18.8 Å². The van der Waals surface area contributed by atoms with E-state index in [1.54, 1.807) is 19.1 Å². The summed E-state index contributed by atoms with van der Waals surface area (Å²) in [6.45, 7) is 2.46. The largest absolute Gasteiger partial charge is 0.455 e. The van der Waals surface area contributed by atoms with Crippen molar-refractivity contribution in [2.45, 2.75) is 43.9 Å². The first kappa shape index (κ1) is 21.1. The summed E-state index contributed by atoms with van der Waals surface area (Å²) in [5.74, 6) is -0.288. The van der Waals surface area contributed by atoms with Gasteiger partial charge >= 0.3 is 5.97 Å². The van der Waals surface area contributed by atoms with E-state index in [1.165, 1.54) is 10.4 Å². The van der Waals surface area contributed by atoms with Crippen LogP contribution in [0.5, 0.6) is 0 Å². The zero-order chi connectivity index (χ0) is 21.3. The van der Waals surface area contributed by atoms with Gasteiger partial charge in [-0.1, -0.05) is 24.6 Å². The molecule has 7 nitrogen and oxygen atoms in total. The van der Waals surface area contributed by atoms with Gasteiger partial charge in [0.05, 0.1) is 10.8 Å². The van der Waals surface area contributed by atoms with Crippen molar-refractivity contribution in [3.05, 3.63) is 35.9 Å². The average molecular weight is 433 g/mol. The number of nitrogens with zero attached hydrogens (tertiary/aromatic N) is 1. The Bertz CT molecular complexity index is 966. The first-order valence-electron chi connectivity index (χ1n) is 10.6. The van der Waals surface area contributed by atoms with Crippen molar-refractivity contribution in [3.63, 3.8) is 0 Å². The van der Waals surface area contributed by atoms with Crippen LogP contribution in [0.1, 0.15) is 37.7 Å². The van der Waals surface area contributed by atoms with Gasteiger partial charge in [-0.15, -0.1) is 0 Å². The number of anilines is 1. The normalized spacial score (nSPS) is 26.0. The maximum atomic E-state index is 12.9. The molecule has 162 valence electrons. The zero-order valence-electron chi connectivity index (χ0n) is 17.2. The molecular formula is C22H28N2O5S. The second-order valence-electron chi connectivity index (χ2n) is 8.48. The number of piperidine rings is 1. The van der Waals surface area contributed by atoms with Crippen LogP contribution in [0.2, 0.25) is 0 Å². The Balaban J connectivity index is 1.38. The van der Waals surface area contributed by atoms with E-state index < -0.39 is 15.9 Å². The van der Waals surface area contributed by atoms with E-state index >= 15 is 0 Å². The molecule has 4 rings (SSSR count). The maximum absolute atomic E-state index is 12.9. The molecule has 1 amide bonds. The second kappa shape index (κ2) is 8.51. The molecule has 3 atom stereocenters. The molecule has 1 saturated carbocycles. The average Bonchev–Trinajstić information content (AvgIpc) is 3.38. The monoisotopic (exact) mass is 432 g/mol. The number of nitrogens with one attached hydrogen (secondary N) is 1. The summed E-state index contributed by atoms with van der Waals surface area (Å²) >= 11 is 0. The molecule has 1 saturated heterocycles. The lowest BCUT2D eigenvalue weighted by molar-refractivity contribution is -0.152. The number of hydrogen-bond donors (Lipinski definition) is 1. The van der Waals surface area contributed by atoms with Crippen LogP contribution in [0.25, 0.3) is 0 Å². The topological polar surface area (TPSA) is 92.8 Å². The highest BCUT2D eigenvalue weighted by atomic mass is 32.2. The van der Waals surface area contributed by atoms with E-state index in [9.17, 15) is 18.0 Å². The predicted octanol–water partition coefficient (Wildman–Crippen LogP) is 2.86. The Morgan fingerprint density at radius 2 is 1.90 bits per heavy atom. The molecular weight excluding hydrogens is 404 g/mol. The summed E-state index contributed by atoms with van der Waals surface area (Å²) in [6.07, 6.45) is 8.75. The lowest BCUT2D eigenvalue weighted by Crippen LogP contribution is -2.35. The predicted molar refractivity (Wildman–Crippen MR) is 112 cm³/mol. The smallest absolute Gasteiger partial charge is 0.310 e. The van der Waals surface area contributed by atoms with Crippen molar-refractivity contribution in [3.8, 4) is 0 Å². The molecule has 1 N–H and O–H groups in total. The summed E-state index contributed by atoms with van der Waals surface area (Å²) in [5.41, 5.74) is 1.16. The number of carbonyl (C=O) groups excluding carboxylic acids is 2. The third kappa shape index (κ3) is 4.30. The van der Waals surface area contributed by atoms with Crippen LogP contribution in [-0.2, 0) is 24.3 Å². The van der Waals surface area contributed by atoms with Crippen LogP contribution < -0.4 is 5.32 Å². The molecule has 30 heavy (non-hydrogen) atoms. The fourth-order valence-corrected chi connectivity index (χ4v) is 6.18. The Hall–Kier alpha value is -2.19.